The first-order valence-electron chi connectivity index (χ1n) is 5.56. The van der Waals surface area contributed by atoms with Gasteiger partial charge in [-0.3, -0.25) is 9.78 Å². The normalized spacial score (nSPS) is 14.1. The number of amides is 1. The summed E-state index contributed by atoms with van der Waals surface area (Å²) in [6.45, 7) is 1.55. The molecule has 2 rings (SSSR count). The molecule has 1 amide bonds. The Balaban J connectivity index is 2.25. The summed E-state index contributed by atoms with van der Waals surface area (Å²) in [7, 11) is 0. The number of para-hydroxylation sites is 1. The summed E-state index contributed by atoms with van der Waals surface area (Å²) in [6, 6.07) is 9.36. The SMILES string of the molecule is CC(N)(COc1cccc2cccnc12)C(N)=O. The number of pyridine rings is 1. The maximum absolute atomic E-state index is 11.1. The van der Waals surface area contributed by atoms with Crippen LogP contribution in [0.4, 0.5) is 0 Å². The van der Waals surface area contributed by atoms with Crippen molar-refractivity contribution in [3.05, 3.63) is 36.5 Å². The number of aromatic nitrogens is 1. The van der Waals surface area contributed by atoms with Crippen molar-refractivity contribution in [2.24, 2.45) is 11.5 Å². The highest BCUT2D eigenvalue weighted by molar-refractivity contribution is 5.85. The molecule has 0 aliphatic rings. The minimum Gasteiger partial charge on any atom is -0.489 e. The molecular formula is C13H15N3O2. The highest BCUT2D eigenvalue weighted by atomic mass is 16.5. The number of fused-ring (bicyclic) bond motifs is 1. The topological polar surface area (TPSA) is 91.2 Å². The lowest BCUT2D eigenvalue weighted by Crippen LogP contribution is -2.53. The van der Waals surface area contributed by atoms with Crippen LogP contribution in [0.2, 0.25) is 0 Å². The Morgan fingerprint density at radius 2 is 2.11 bits per heavy atom. The van der Waals surface area contributed by atoms with Gasteiger partial charge in [0.1, 0.15) is 23.4 Å². The molecule has 1 aromatic carbocycles. The number of carbonyl (C=O) groups excluding carboxylic acids is 1. The number of benzene rings is 1. The van der Waals surface area contributed by atoms with Gasteiger partial charge >= 0.3 is 0 Å². The summed E-state index contributed by atoms with van der Waals surface area (Å²) in [5.41, 5.74) is 10.5. The monoisotopic (exact) mass is 245 g/mol. The number of ether oxygens (including phenoxy) is 1. The molecule has 5 nitrogen and oxygen atoms in total. The first kappa shape index (κ1) is 12.3. The van der Waals surface area contributed by atoms with Gasteiger partial charge in [0.05, 0.1) is 0 Å². The third-order valence-electron chi connectivity index (χ3n) is 2.69. The Hall–Kier alpha value is -2.14. The Morgan fingerprint density at radius 1 is 1.39 bits per heavy atom. The van der Waals surface area contributed by atoms with E-state index in [0.29, 0.717) is 5.75 Å². The highest BCUT2D eigenvalue weighted by Gasteiger charge is 2.26. The molecule has 1 aromatic heterocycles. The van der Waals surface area contributed by atoms with Gasteiger partial charge in [0.15, 0.2) is 0 Å². The van der Waals surface area contributed by atoms with Gasteiger partial charge in [0, 0.05) is 11.6 Å². The molecule has 0 saturated carbocycles. The van der Waals surface area contributed by atoms with Crippen molar-refractivity contribution in [2.45, 2.75) is 12.5 Å². The quantitative estimate of drug-likeness (QED) is 0.834. The third kappa shape index (κ3) is 2.41. The number of hydrogen-bond acceptors (Lipinski definition) is 4. The summed E-state index contributed by atoms with van der Waals surface area (Å²) in [5, 5.41) is 0.966. The number of hydrogen-bond donors (Lipinski definition) is 2. The van der Waals surface area contributed by atoms with E-state index in [-0.39, 0.29) is 6.61 Å². The summed E-state index contributed by atoms with van der Waals surface area (Å²) < 4.78 is 5.56. The summed E-state index contributed by atoms with van der Waals surface area (Å²) in [6.07, 6.45) is 1.69. The van der Waals surface area contributed by atoms with Gasteiger partial charge in [0.25, 0.3) is 0 Å². The Morgan fingerprint density at radius 3 is 2.83 bits per heavy atom. The van der Waals surface area contributed by atoms with Crippen molar-refractivity contribution in [1.29, 1.82) is 0 Å². The molecule has 0 radical (unpaired) electrons. The van der Waals surface area contributed by atoms with Gasteiger partial charge in [-0.25, -0.2) is 0 Å². The van der Waals surface area contributed by atoms with Gasteiger partial charge in [-0.15, -0.1) is 0 Å². The summed E-state index contributed by atoms with van der Waals surface area (Å²) in [5.74, 6) is -0.0123. The Labute approximate surface area is 105 Å². The molecule has 4 N–H and O–H groups in total. The second-order valence-corrected chi connectivity index (χ2v) is 4.40. The molecule has 0 bridgehead atoms. The zero-order chi connectivity index (χ0) is 13.2. The van der Waals surface area contributed by atoms with E-state index >= 15 is 0 Å². The average Bonchev–Trinajstić information content (AvgIpc) is 2.36. The van der Waals surface area contributed by atoms with E-state index in [1.165, 1.54) is 6.92 Å². The van der Waals surface area contributed by atoms with E-state index in [1.807, 2.05) is 24.3 Å². The summed E-state index contributed by atoms with van der Waals surface area (Å²) in [4.78, 5) is 15.4. The number of rotatable bonds is 4. The molecule has 1 heterocycles. The minimum atomic E-state index is -1.20. The van der Waals surface area contributed by atoms with E-state index < -0.39 is 11.4 Å². The van der Waals surface area contributed by atoms with Crippen molar-refractivity contribution in [3.8, 4) is 5.75 Å². The zero-order valence-corrected chi connectivity index (χ0v) is 10.1. The van der Waals surface area contributed by atoms with Gasteiger partial charge in [-0.1, -0.05) is 18.2 Å². The number of carbonyl (C=O) groups is 1. The molecular weight excluding hydrogens is 230 g/mol. The predicted octanol–water partition coefficient (Wildman–Crippen LogP) is 0.816. The third-order valence-corrected chi connectivity index (χ3v) is 2.69. The molecule has 94 valence electrons. The minimum absolute atomic E-state index is 0.0119. The maximum atomic E-state index is 11.1. The second-order valence-electron chi connectivity index (χ2n) is 4.40. The zero-order valence-electron chi connectivity index (χ0n) is 10.1. The van der Waals surface area contributed by atoms with Crippen LogP contribution in [0, 0.1) is 0 Å². The first-order valence-corrected chi connectivity index (χ1v) is 5.56. The average molecular weight is 245 g/mol. The van der Waals surface area contributed by atoms with Crippen LogP contribution in [0.15, 0.2) is 36.5 Å². The lowest BCUT2D eigenvalue weighted by atomic mass is 10.1. The molecule has 18 heavy (non-hydrogen) atoms. The fourth-order valence-electron chi connectivity index (χ4n) is 1.49. The van der Waals surface area contributed by atoms with Crippen LogP contribution in [0.1, 0.15) is 6.92 Å². The molecule has 0 aliphatic carbocycles. The van der Waals surface area contributed by atoms with E-state index in [4.69, 9.17) is 16.2 Å². The lowest BCUT2D eigenvalue weighted by molar-refractivity contribution is -0.123. The van der Waals surface area contributed by atoms with Crippen LogP contribution in [0.5, 0.6) is 5.75 Å². The van der Waals surface area contributed by atoms with Crippen LogP contribution in [0.3, 0.4) is 0 Å². The van der Waals surface area contributed by atoms with E-state index in [9.17, 15) is 4.79 Å². The van der Waals surface area contributed by atoms with Crippen LogP contribution in [0.25, 0.3) is 10.9 Å². The highest BCUT2D eigenvalue weighted by Crippen LogP contribution is 2.23. The van der Waals surface area contributed by atoms with Crippen molar-refractivity contribution in [1.82, 2.24) is 4.98 Å². The molecule has 0 spiro atoms. The standard InChI is InChI=1S/C13H15N3O2/c1-13(15,12(14)17)8-18-10-6-2-4-9-5-3-7-16-11(9)10/h2-7H,8,15H2,1H3,(H2,14,17). The van der Waals surface area contributed by atoms with Crippen molar-refractivity contribution in [2.75, 3.05) is 6.61 Å². The van der Waals surface area contributed by atoms with E-state index in [0.717, 1.165) is 10.9 Å². The van der Waals surface area contributed by atoms with Crippen LogP contribution in [-0.4, -0.2) is 23.0 Å². The number of nitrogens with two attached hydrogens (primary N) is 2. The second kappa shape index (κ2) is 4.62. The van der Waals surface area contributed by atoms with Crippen molar-refractivity contribution >= 4 is 16.8 Å². The molecule has 0 aliphatic heterocycles. The fourth-order valence-corrected chi connectivity index (χ4v) is 1.49. The van der Waals surface area contributed by atoms with Gasteiger partial charge < -0.3 is 16.2 Å². The number of primary amides is 1. The molecule has 1 unspecified atom stereocenters. The molecule has 5 heteroatoms. The molecule has 0 fully saturated rings. The van der Waals surface area contributed by atoms with Crippen LogP contribution in [-0.2, 0) is 4.79 Å². The van der Waals surface area contributed by atoms with Gasteiger partial charge in [-0.2, -0.15) is 0 Å². The molecule has 0 saturated heterocycles. The largest absolute Gasteiger partial charge is 0.489 e. The van der Waals surface area contributed by atoms with Crippen molar-refractivity contribution in [3.63, 3.8) is 0 Å². The lowest BCUT2D eigenvalue weighted by Gasteiger charge is -2.21. The molecule has 2 aromatic rings. The predicted molar refractivity (Wildman–Crippen MR) is 69.0 cm³/mol. The van der Waals surface area contributed by atoms with Gasteiger partial charge in [0.2, 0.25) is 5.91 Å². The van der Waals surface area contributed by atoms with Gasteiger partial charge in [-0.05, 0) is 19.1 Å². The van der Waals surface area contributed by atoms with Crippen molar-refractivity contribution < 1.29 is 9.53 Å². The Kier molecular flexibility index (Phi) is 3.16. The van der Waals surface area contributed by atoms with Crippen LogP contribution < -0.4 is 16.2 Å². The summed E-state index contributed by atoms with van der Waals surface area (Å²) >= 11 is 0. The Bertz CT molecular complexity index is 576. The fraction of sp³-hybridized carbons (Fsp3) is 0.231. The first-order chi connectivity index (χ1) is 8.50. The van der Waals surface area contributed by atoms with E-state index in [1.54, 1.807) is 12.3 Å². The maximum Gasteiger partial charge on any atom is 0.240 e. The smallest absolute Gasteiger partial charge is 0.240 e. The van der Waals surface area contributed by atoms with Crippen LogP contribution >= 0.6 is 0 Å². The van der Waals surface area contributed by atoms with E-state index in [2.05, 4.69) is 4.98 Å². The number of nitrogens with zero attached hydrogens (tertiary/aromatic N) is 1. The molecule has 1 atom stereocenters.